The van der Waals surface area contributed by atoms with Gasteiger partial charge < -0.3 is 13.7 Å². The summed E-state index contributed by atoms with van der Waals surface area (Å²) in [5.41, 5.74) is 18.3. The van der Waals surface area contributed by atoms with Crippen LogP contribution in [0.15, 0.2) is 200 Å². The Hall–Kier alpha value is -7.62. The Morgan fingerprint density at radius 2 is 0.678 bits per heavy atom. The monoisotopic (exact) mass is 753 g/mol. The van der Waals surface area contributed by atoms with Crippen LogP contribution in [0.3, 0.4) is 0 Å². The highest BCUT2D eigenvalue weighted by atomic mass is 15.0. The van der Waals surface area contributed by atoms with Crippen LogP contribution in [0.5, 0.6) is 0 Å². The summed E-state index contributed by atoms with van der Waals surface area (Å²) in [5.74, 6) is 0. The molecule has 0 saturated carbocycles. The summed E-state index contributed by atoms with van der Waals surface area (Å²) in [6, 6.07) is 73.4. The molecule has 0 aliphatic rings. The molecule has 0 aliphatic carbocycles. The van der Waals surface area contributed by atoms with E-state index in [4.69, 9.17) is 0 Å². The van der Waals surface area contributed by atoms with Crippen LogP contribution < -0.4 is 0 Å². The van der Waals surface area contributed by atoms with Gasteiger partial charge in [0.05, 0.1) is 22.1 Å². The highest BCUT2D eigenvalue weighted by Crippen LogP contribution is 2.51. The Labute approximate surface area is 342 Å². The minimum absolute atomic E-state index is 1.15. The van der Waals surface area contributed by atoms with Gasteiger partial charge in [-0.2, -0.15) is 0 Å². The number of benzene rings is 9. The third-order valence-corrected chi connectivity index (χ3v) is 12.7. The van der Waals surface area contributed by atoms with Crippen molar-refractivity contribution in [2.75, 3.05) is 0 Å². The second kappa shape index (κ2) is 13.0. The van der Waals surface area contributed by atoms with Crippen molar-refractivity contribution in [1.29, 1.82) is 0 Å². The van der Waals surface area contributed by atoms with Crippen LogP contribution in [-0.4, -0.2) is 13.7 Å². The van der Waals surface area contributed by atoms with Crippen molar-refractivity contribution >= 4 is 65.4 Å². The lowest BCUT2D eigenvalue weighted by Gasteiger charge is -2.18. The van der Waals surface area contributed by atoms with Gasteiger partial charge in [-0.1, -0.05) is 158 Å². The topological polar surface area (TPSA) is 14.8 Å². The van der Waals surface area contributed by atoms with Crippen molar-refractivity contribution < 1.29 is 0 Å². The molecule has 0 atom stereocenters. The lowest BCUT2D eigenvalue weighted by atomic mass is 9.86. The quantitative estimate of drug-likeness (QED) is 0.166. The molecule has 12 rings (SSSR count). The van der Waals surface area contributed by atoms with Gasteiger partial charge in [0.15, 0.2) is 0 Å². The maximum atomic E-state index is 2.46. The van der Waals surface area contributed by atoms with E-state index in [1.54, 1.807) is 0 Å². The van der Waals surface area contributed by atoms with Crippen molar-refractivity contribution in [3.8, 4) is 50.2 Å². The van der Waals surface area contributed by atoms with Gasteiger partial charge in [0.25, 0.3) is 0 Å². The molecule has 3 nitrogen and oxygen atoms in total. The van der Waals surface area contributed by atoms with Crippen LogP contribution in [0.2, 0.25) is 0 Å². The number of hydrogen-bond acceptors (Lipinski definition) is 0. The molecule has 0 saturated heterocycles. The van der Waals surface area contributed by atoms with Gasteiger partial charge in [0, 0.05) is 74.3 Å². The molecule has 3 heteroatoms. The van der Waals surface area contributed by atoms with E-state index in [9.17, 15) is 0 Å². The van der Waals surface area contributed by atoms with Crippen LogP contribution in [0.4, 0.5) is 0 Å². The van der Waals surface area contributed by atoms with E-state index in [-0.39, 0.29) is 0 Å². The smallest absolute Gasteiger partial charge is 0.0743 e. The number of fused-ring (bicyclic) bond motifs is 10. The molecule has 12 aromatic rings. The van der Waals surface area contributed by atoms with Crippen molar-refractivity contribution in [2.45, 2.75) is 0 Å². The van der Waals surface area contributed by atoms with E-state index >= 15 is 0 Å². The first kappa shape index (κ1) is 33.5. The summed E-state index contributed by atoms with van der Waals surface area (Å²) in [6.45, 7) is 0. The SMILES string of the molecule is Cn1c2ccccc2c2c(-c3ccc(-c4ccccc4)cc3)c(-c3ccc4c(c3)c3ccccc3n4-c3ccc(-c4ccccc4)cc3)c3c4ccccc4n(C)c3c21. The van der Waals surface area contributed by atoms with Gasteiger partial charge in [0.1, 0.15) is 0 Å². The average Bonchev–Trinajstić information content (AvgIpc) is 3.91. The molecule has 0 spiro atoms. The Kier molecular flexibility index (Phi) is 7.36. The van der Waals surface area contributed by atoms with Gasteiger partial charge >= 0.3 is 0 Å². The van der Waals surface area contributed by atoms with Crippen molar-refractivity contribution in [1.82, 2.24) is 13.7 Å². The molecule has 3 heterocycles. The molecule has 0 aliphatic heterocycles. The predicted octanol–water partition coefficient (Wildman–Crippen LogP) is 14.7. The molecule has 9 aromatic carbocycles. The summed E-state index contributed by atoms with van der Waals surface area (Å²) in [4.78, 5) is 0. The van der Waals surface area contributed by atoms with E-state index in [0.29, 0.717) is 0 Å². The number of rotatable bonds is 5. The normalized spacial score (nSPS) is 11.9. The average molecular weight is 754 g/mol. The summed E-state index contributed by atoms with van der Waals surface area (Å²) in [5, 5.41) is 7.56. The third-order valence-electron chi connectivity index (χ3n) is 12.7. The fraction of sp³-hybridized carbons (Fsp3) is 0.0357. The van der Waals surface area contributed by atoms with Crippen LogP contribution in [-0.2, 0) is 14.1 Å². The molecule has 0 amide bonds. The highest BCUT2D eigenvalue weighted by molar-refractivity contribution is 6.33. The number of aryl methyl sites for hydroxylation is 2. The van der Waals surface area contributed by atoms with Crippen LogP contribution in [0.25, 0.3) is 116 Å². The Morgan fingerprint density at radius 3 is 1.24 bits per heavy atom. The van der Waals surface area contributed by atoms with Crippen molar-refractivity contribution in [3.63, 3.8) is 0 Å². The lowest BCUT2D eigenvalue weighted by Crippen LogP contribution is -1.96. The zero-order valence-electron chi connectivity index (χ0n) is 32.9. The molecule has 0 N–H and O–H groups in total. The summed E-state index contributed by atoms with van der Waals surface area (Å²) in [7, 11) is 4.47. The molecule has 0 unspecified atom stereocenters. The first-order valence-electron chi connectivity index (χ1n) is 20.4. The van der Waals surface area contributed by atoms with Gasteiger partial charge in [-0.05, 0) is 75.8 Å². The molecule has 0 fully saturated rings. The van der Waals surface area contributed by atoms with Crippen LogP contribution in [0, 0.1) is 0 Å². The fourth-order valence-electron chi connectivity index (χ4n) is 9.97. The van der Waals surface area contributed by atoms with E-state index in [1.807, 2.05) is 0 Å². The van der Waals surface area contributed by atoms with Crippen LogP contribution in [0.1, 0.15) is 0 Å². The van der Waals surface area contributed by atoms with Gasteiger partial charge in [-0.15, -0.1) is 0 Å². The van der Waals surface area contributed by atoms with Gasteiger partial charge in [0.2, 0.25) is 0 Å². The van der Waals surface area contributed by atoms with E-state index in [0.717, 1.165) is 5.69 Å². The molecule has 278 valence electrons. The van der Waals surface area contributed by atoms with Crippen LogP contribution >= 0.6 is 0 Å². The summed E-state index contributed by atoms with van der Waals surface area (Å²) < 4.78 is 7.26. The predicted molar refractivity (Wildman–Crippen MR) is 250 cm³/mol. The van der Waals surface area contributed by atoms with E-state index < -0.39 is 0 Å². The molecule has 0 bridgehead atoms. The third kappa shape index (κ3) is 4.95. The second-order valence-corrected chi connectivity index (χ2v) is 15.8. The number of aromatic nitrogens is 3. The fourth-order valence-corrected chi connectivity index (χ4v) is 9.97. The van der Waals surface area contributed by atoms with Crippen molar-refractivity contribution in [2.24, 2.45) is 14.1 Å². The first-order valence-corrected chi connectivity index (χ1v) is 20.4. The van der Waals surface area contributed by atoms with Crippen molar-refractivity contribution in [3.05, 3.63) is 200 Å². The van der Waals surface area contributed by atoms with Gasteiger partial charge in [-0.25, -0.2) is 0 Å². The molecule has 0 radical (unpaired) electrons. The highest BCUT2D eigenvalue weighted by Gasteiger charge is 2.27. The van der Waals surface area contributed by atoms with Gasteiger partial charge in [-0.3, -0.25) is 0 Å². The number of nitrogens with zero attached hydrogens (tertiary/aromatic N) is 3. The maximum Gasteiger partial charge on any atom is 0.0743 e. The van der Waals surface area contributed by atoms with E-state index in [1.165, 1.54) is 110 Å². The number of hydrogen-bond donors (Lipinski definition) is 0. The Morgan fingerprint density at radius 1 is 0.288 bits per heavy atom. The molecule has 59 heavy (non-hydrogen) atoms. The minimum atomic E-state index is 1.15. The summed E-state index contributed by atoms with van der Waals surface area (Å²) >= 11 is 0. The Bertz CT molecular complexity index is 3580. The molecular formula is C56H39N3. The standard InChI is InChI=1S/C56H39N3/c1-57-47-22-12-10-20-44(47)53-51(40-27-25-38(26-28-40)36-15-5-3-6-16-36)52(54-45-21-11-13-23-48(45)58(2)56(54)55(53)57)41-31-34-50-46(35-41)43-19-9-14-24-49(43)59(50)42-32-29-39(30-33-42)37-17-7-4-8-18-37/h3-35H,1-2H3. The largest absolute Gasteiger partial charge is 0.342 e. The zero-order valence-corrected chi connectivity index (χ0v) is 32.9. The zero-order chi connectivity index (χ0) is 39.2. The second-order valence-electron chi connectivity index (χ2n) is 15.8. The summed E-state index contributed by atoms with van der Waals surface area (Å²) in [6.07, 6.45) is 0. The molecule has 3 aromatic heterocycles. The minimum Gasteiger partial charge on any atom is -0.342 e. The molecular weight excluding hydrogens is 715 g/mol. The lowest BCUT2D eigenvalue weighted by molar-refractivity contribution is 0.986. The number of para-hydroxylation sites is 3. The van der Waals surface area contributed by atoms with E-state index in [2.05, 4.69) is 228 Å². The first-order chi connectivity index (χ1) is 29.1. The maximum absolute atomic E-state index is 2.46. The Balaban J connectivity index is 1.19.